The Labute approximate surface area is 194 Å². The molecule has 3 aromatic rings. The molecule has 0 unspecified atom stereocenters. The molecule has 1 aliphatic rings. The fourth-order valence-electron chi connectivity index (χ4n) is 4.20. The predicted octanol–water partition coefficient (Wildman–Crippen LogP) is 5.10. The molecule has 4 rings (SSSR count). The van der Waals surface area contributed by atoms with Crippen LogP contribution in [0.5, 0.6) is 5.75 Å². The van der Waals surface area contributed by atoms with Crippen molar-refractivity contribution in [2.45, 2.75) is 45.1 Å². The molecule has 0 bridgehead atoms. The quantitative estimate of drug-likeness (QED) is 0.504. The summed E-state index contributed by atoms with van der Waals surface area (Å²) in [6.45, 7) is 0.582. The van der Waals surface area contributed by atoms with Gasteiger partial charge in [-0.25, -0.2) is 4.98 Å². The molecule has 0 aliphatic heterocycles. The maximum atomic E-state index is 12.5. The van der Waals surface area contributed by atoms with Crippen LogP contribution in [0.3, 0.4) is 0 Å². The highest BCUT2D eigenvalue weighted by Crippen LogP contribution is 2.26. The van der Waals surface area contributed by atoms with Crippen LogP contribution < -0.4 is 15.4 Å². The number of imidazole rings is 1. The Bertz CT molecular complexity index is 1070. The molecule has 7 heteroatoms. The van der Waals surface area contributed by atoms with E-state index in [9.17, 15) is 9.59 Å². The number of benzene rings is 2. The number of carbonyl (C=O) groups is 2. The second-order valence-corrected chi connectivity index (χ2v) is 8.57. The van der Waals surface area contributed by atoms with Crippen LogP contribution >= 0.6 is 0 Å². The number of anilines is 2. The van der Waals surface area contributed by atoms with Crippen molar-refractivity contribution in [1.29, 1.82) is 0 Å². The first-order valence-corrected chi connectivity index (χ1v) is 11.4. The standard InChI is InChI=1S/C26H30N4O3/c1-33-23-13-11-22(12-14-23)29-26(32)24-17-30(18-27-24)16-20-7-9-21(10-8-20)28-25(31)15-19-5-3-2-4-6-19/h7-14,17-19H,2-6,15-16H2,1H3,(H,28,31)(H,29,32). The molecule has 1 aromatic heterocycles. The molecule has 33 heavy (non-hydrogen) atoms. The lowest BCUT2D eigenvalue weighted by atomic mass is 9.87. The first kappa shape index (κ1) is 22.6. The van der Waals surface area contributed by atoms with Crippen LogP contribution in [0.2, 0.25) is 0 Å². The number of methoxy groups -OCH3 is 1. The molecule has 172 valence electrons. The molecule has 0 spiro atoms. The van der Waals surface area contributed by atoms with E-state index < -0.39 is 0 Å². The normalized spacial score (nSPS) is 14.0. The Balaban J connectivity index is 1.28. The molecule has 0 radical (unpaired) electrons. The van der Waals surface area contributed by atoms with Crippen molar-refractivity contribution in [1.82, 2.24) is 9.55 Å². The second-order valence-electron chi connectivity index (χ2n) is 8.57. The molecule has 7 nitrogen and oxygen atoms in total. The van der Waals surface area contributed by atoms with Crippen LogP contribution in [0.25, 0.3) is 0 Å². The molecule has 1 saturated carbocycles. The van der Waals surface area contributed by atoms with Gasteiger partial charge in [-0.2, -0.15) is 0 Å². The summed E-state index contributed by atoms with van der Waals surface area (Å²) in [5.74, 6) is 1.08. The van der Waals surface area contributed by atoms with Crippen LogP contribution in [-0.2, 0) is 11.3 Å². The minimum absolute atomic E-state index is 0.0942. The molecular formula is C26H30N4O3. The maximum absolute atomic E-state index is 12.5. The van der Waals surface area contributed by atoms with Crippen LogP contribution in [0.4, 0.5) is 11.4 Å². The highest BCUT2D eigenvalue weighted by atomic mass is 16.5. The fraction of sp³-hybridized carbons (Fsp3) is 0.346. The van der Waals surface area contributed by atoms with Gasteiger partial charge in [0.25, 0.3) is 5.91 Å². The number of rotatable bonds is 8. The Morgan fingerprint density at radius 3 is 2.33 bits per heavy atom. The maximum Gasteiger partial charge on any atom is 0.275 e. The number of nitrogens with zero attached hydrogens (tertiary/aromatic N) is 2. The average Bonchev–Trinajstić information content (AvgIpc) is 3.30. The summed E-state index contributed by atoms with van der Waals surface area (Å²) in [6.07, 6.45) is 10.1. The van der Waals surface area contributed by atoms with Crippen molar-refractivity contribution in [3.63, 3.8) is 0 Å². The number of carbonyl (C=O) groups excluding carboxylic acids is 2. The summed E-state index contributed by atoms with van der Waals surface area (Å²) in [5, 5.41) is 5.84. The van der Waals surface area contributed by atoms with E-state index in [2.05, 4.69) is 15.6 Å². The van der Waals surface area contributed by atoms with Crippen molar-refractivity contribution >= 4 is 23.2 Å². The third-order valence-electron chi connectivity index (χ3n) is 6.02. The van der Waals surface area contributed by atoms with Gasteiger partial charge < -0.3 is 19.9 Å². The van der Waals surface area contributed by atoms with Gasteiger partial charge in [0.1, 0.15) is 11.4 Å². The lowest BCUT2D eigenvalue weighted by molar-refractivity contribution is -0.117. The van der Waals surface area contributed by atoms with Gasteiger partial charge in [-0.15, -0.1) is 0 Å². The van der Waals surface area contributed by atoms with Crippen molar-refractivity contribution in [2.75, 3.05) is 17.7 Å². The summed E-state index contributed by atoms with van der Waals surface area (Å²) in [5.41, 5.74) is 2.89. The fourth-order valence-corrected chi connectivity index (χ4v) is 4.20. The summed E-state index contributed by atoms with van der Waals surface area (Å²) in [4.78, 5) is 29.0. The number of aromatic nitrogens is 2. The smallest absolute Gasteiger partial charge is 0.275 e. The van der Waals surface area contributed by atoms with Gasteiger partial charge >= 0.3 is 0 Å². The molecular weight excluding hydrogens is 416 g/mol. The van der Waals surface area contributed by atoms with Gasteiger partial charge in [-0.1, -0.05) is 31.4 Å². The monoisotopic (exact) mass is 446 g/mol. The summed E-state index contributed by atoms with van der Waals surface area (Å²) >= 11 is 0. The first-order chi connectivity index (χ1) is 16.1. The molecule has 1 aliphatic carbocycles. The number of nitrogens with one attached hydrogen (secondary N) is 2. The van der Waals surface area contributed by atoms with E-state index >= 15 is 0 Å². The van der Waals surface area contributed by atoms with Gasteiger partial charge in [0.2, 0.25) is 5.91 Å². The van der Waals surface area contributed by atoms with Crippen LogP contribution in [-0.4, -0.2) is 28.5 Å². The summed E-state index contributed by atoms with van der Waals surface area (Å²) in [6, 6.07) is 14.9. The number of hydrogen-bond acceptors (Lipinski definition) is 4. The van der Waals surface area contributed by atoms with Crippen molar-refractivity contribution < 1.29 is 14.3 Å². The van der Waals surface area contributed by atoms with E-state index in [0.717, 1.165) is 29.8 Å². The van der Waals surface area contributed by atoms with E-state index in [1.807, 2.05) is 28.8 Å². The van der Waals surface area contributed by atoms with E-state index in [0.29, 0.717) is 30.3 Å². The van der Waals surface area contributed by atoms with Crippen LogP contribution in [0.1, 0.15) is 54.6 Å². The van der Waals surface area contributed by atoms with Gasteiger partial charge in [0.15, 0.2) is 0 Å². The topological polar surface area (TPSA) is 85.2 Å². The van der Waals surface area contributed by atoms with Gasteiger partial charge in [0, 0.05) is 30.5 Å². The summed E-state index contributed by atoms with van der Waals surface area (Å²) < 4.78 is 6.99. The minimum Gasteiger partial charge on any atom is -0.497 e. The number of amides is 2. The number of hydrogen-bond donors (Lipinski definition) is 2. The Hall–Kier alpha value is -3.61. The zero-order valence-corrected chi connectivity index (χ0v) is 18.9. The SMILES string of the molecule is COc1ccc(NC(=O)c2cn(Cc3ccc(NC(=O)CC4CCCCC4)cc3)cn2)cc1. The zero-order chi connectivity index (χ0) is 23.0. The van der Waals surface area contributed by atoms with E-state index in [1.54, 1.807) is 43.9 Å². The lowest BCUT2D eigenvalue weighted by Crippen LogP contribution is -2.18. The highest BCUT2D eigenvalue weighted by molar-refractivity contribution is 6.02. The predicted molar refractivity (Wildman–Crippen MR) is 129 cm³/mol. The largest absolute Gasteiger partial charge is 0.497 e. The second kappa shape index (κ2) is 10.8. The Kier molecular flexibility index (Phi) is 7.40. The molecule has 2 aromatic carbocycles. The molecule has 2 N–H and O–H groups in total. The summed E-state index contributed by atoms with van der Waals surface area (Å²) in [7, 11) is 1.60. The van der Waals surface area contributed by atoms with Crippen LogP contribution in [0, 0.1) is 5.92 Å². The highest BCUT2D eigenvalue weighted by Gasteiger charge is 2.17. The molecule has 0 atom stereocenters. The zero-order valence-electron chi connectivity index (χ0n) is 18.9. The molecule has 1 fully saturated rings. The third kappa shape index (κ3) is 6.44. The Morgan fingerprint density at radius 1 is 0.970 bits per heavy atom. The minimum atomic E-state index is -0.269. The van der Waals surface area contributed by atoms with Gasteiger partial charge in [-0.05, 0) is 60.7 Å². The van der Waals surface area contributed by atoms with E-state index in [4.69, 9.17) is 4.74 Å². The molecule has 0 saturated heterocycles. The van der Waals surface area contributed by atoms with Crippen molar-refractivity contribution in [3.05, 3.63) is 72.3 Å². The third-order valence-corrected chi connectivity index (χ3v) is 6.02. The number of ether oxygens (including phenoxy) is 1. The van der Waals surface area contributed by atoms with Crippen molar-refractivity contribution in [2.24, 2.45) is 5.92 Å². The van der Waals surface area contributed by atoms with Gasteiger partial charge in [0.05, 0.1) is 13.4 Å². The molecule has 1 heterocycles. The lowest BCUT2D eigenvalue weighted by Gasteiger charge is -2.20. The van der Waals surface area contributed by atoms with Crippen molar-refractivity contribution in [3.8, 4) is 5.75 Å². The average molecular weight is 447 g/mol. The van der Waals surface area contributed by atoms with E-state index in [1.165, 1.54) is 19.3 Å². The van der Waals surface area contributed by atoms with Crippen LogP contribution in [0.15, 0.2) is 61.1 Å². The first-order valence-electron chi connectivity index (χ1n) is 11.4. The Morgan fingerprint density at radius 2 is 1.64 bits per heavy atom. The van der Waals surface area contributed by atoms with E-state index in [-0.39, 0.29) is 11.8 Å². The molecule has 2 amide bonds. The van der Waals surface area contributed by atoms with Gasteiger partial charge in [-0.3, -0.25) is 9.59 Å².